The van der Waals surface area contributed by atoms with Crippen LogP contribution in [0.25, 0.3) is 149 Å². The highest BCUT2D eigenvalue weighted by Gasteiger charge is 2.62. The Labute approximate surface area is 762 Å². The van der Waals surface area contributed by atoms with Gasteiger partial charge in [-0.15, -0.1) is 0 Å². The van der Waals surface area contributed by atoms with Crippen molar-refractivity contribution >= 4 is 76.8 Å². The van der Waals surface area contributed by atoms with Crippen molar-refractivity contribution in [3.63, 3.8) is 0 Å². The van der Waals surface area contributed by atoms with Crippen molar-refractivity contribution in [2.45, 2.75) is 28.1 Å². The van der Waals surface area contributed by atoms with E-state index in [1.807, 2.05) is 36.4 Å². The van der Waals surface area contributed by atoms with Gasteiger partial charge in [0.25, 0.3) is 0 Å². The molecular weight excluding hydrogens is 1610 g/mol. The number of hydrogen-bond donors (Lipinski definition) is 0. The van der Waals surface area contributed by atoms with E-state index in [0.29, 0.717) is 5.95 Å². The highest BCUT2D eigenvalue weighted by Crippen LogP contribution is 2.71. The third-order valence-electron chi connectivity index (χ3n) is 30.1. The average molecular weight is 1680 g/mol. The van der Waals surface area contributed by atoms with Gasteiger partial charge in [-0.1, -0.05) is 400 Å². The minimum absolute atomic E-state index is 0.275. The molecule has 131 heavy (non-hydrogen) atoms. The molecule has 0 unspecified atom stereocenters. The standard InChI is InChI=1S/C62H37N3.C45H28.C18H11ClN2/c1-2-18-39-35-40(34-33-38(39)17-1)59-46-24-7-15-31-56(46)63-60(64-59)65-57-32-16-8-23-45(57)47-36-54-55(37-58(47)65)62(50-27-11-5-21-43(50)44-22-6-12-28-51(44)62)53-30-14-13-29-52(53)61(54)48-25-9-3-19-41(48)42-20-4-10-26-49(42)61;1-2-14-30-28(13-1)25-29-26-42-43(27-35(29)30)45(38-21-9-5-17-33(38)34-18-6-10-22-39(34)45)41-24-12-11-23-40(41)44(42)36-19-7-3-15-31(36)32-16-4-8-20-37(32)44;19-18-20-16-8-4-3-7-15(16)17(21-18)14-10-9-12-5-1-2-6-13(12)11-14/h1-37H;1-24,26-27H,25H2;1-11H. The number of fused-ring (bicyclic) bond motifs is 42. The quantitative estimate of drug-likeness (QED) is 0.165. The Kier molecular flexibility index (Phi) is 15.7. The van der Waals surface area contributed by atoms with E-state index >= 15 is 0 Å². The fraction of sp³-hybridized carbons (Fsp3) is 0.0400. The highest BCUT2D eigenvalue weighted by atomic mass is 35.5. The second-order valence-electron chi connectivity index (χ2n) is 36.0. The van der Waals surface area contributed by atoms with E-state index < -0.39 is 21.7 Å². The molecular formula is C125H76ClN5. The molecule has 23 aromatic rings. The molecule has 6 heteroatoms. The van der Waals surface area contributed by atoms with Crippen LogP contribution >= 0.6 is 11.6 Å². The summed E-state index contributed by atoms with van der Waals surface area (Å²) in [6.07, 6.45) is 0.972. The monoisotopic (exact) mass is 1680 g/mol. The van der Waals surface area contributed by atoms with Crippen molar-refractivity contribution in [1.82, 2.24) is 24.5 Å². The van der Waals surface area contributed by atoms with Crippen molar-refractivity contribution < 1.29 is 0 Å². The van der Waals surface area contributed by atoms with Crippen molar-refractivity contribution in [2.24, 2.45) is 0 Å². The maximum absolute atomic E-state index is 6.07. The lowest BCUT2D eigenvalue weighted by molar-refractivity contribution is 0.632. The summed E-state index contributed by atoms with van der Waals surface area (Å²) in [5.41, 5.74) is 43.7. The lowest BCUT2D eigenvalue weighted by atomic mass is 9.52. The molecule has 0 radical (unpaired) electrons. The van der Waals surface area contributed by atoms with Gasteiger partial charge in [0.15, 0.2) is 0 Å². The second-order valence-corrected chi connectivity index (χ2v) is 36.3. The first-order valence-corrected chi connectivity index (χ1v) is 45.8. The fourth-order valence-corrected chi connectivity index (χ4v) is 25.3. The molecule has 0 saturated heterocycles. The van der Waals surface area contributed by atoms with Gasteiger partial charge in [-0.25, -0.2) is 19.9 Å². The molecule has 7 aliphatic rings. The first-order chi connectivity index (χ1) is 64.9. The summed E-state index contributed by atoms with van der Waals surface area (Å²) in [4.78, 5) is 19.8. The van der Waals surface area contributed by atoms with Gasteiger partial charge in [0, 0.05) is 32.7 Å². The minimum atomic E-state index is -0.618. The van der Waals surface area contributed by atoms with Crippen LogP contribution in [0.1, 0.15) is 100 Å². The molecule has 0 amide bonds. The Morgan fingerprint density at radius 3 is 0.954 bits per heavy atom. The summed E-state index contributed by atoms with van der Waals surface area (Å²) in [6.45, 7) is 0. The fourth-order valence-electron chi connectivity index (χ4n) is 25.1. The number of benzene rings is 20. The van der Waals surface area contributed by atoms with Gasteiger partial charge in [0.05, 0.1) is 55.1 Å². The molecule has 0 fully saturated rings. The van der Waals surface area contributed by atoms with Crippen molar-refractivity contribution in [3.8, 4) is 84.1 Å². The number of hydrogen-bond acceptors (Lipinski definition) is 4. The first-order valence-electron chi connectivity index (χ1n) is 45.4. The Bertz CT molecular complexity index is 8730. The maximum atomic E-state index is 6.07. The van der Waals surface area contributed by atoms with Crippen LogP contribution in [0.3, 0.4) is 0 Å². The van der Waals surface area contributed by atoms with Crippen LogP contribution in [0.4, 0.5) is 0 Å². The van der Waals surface area contributed by atoms with Gasteiger partial charge in [0.2, 0.25) is 11.2 Å². The molecule has 608 valence electrons. The molecule has 30 rings (SSSR count). The van der Waals surface area contributed by atoms with Gasteiger partial charge in [-0.3, -0.25) is 4.57 Å². The van der Waals surface area contributed by atoms with E-state index in [1.165, 1.54) is 188 Å². The minimum Gasteiger partial charge on any atom is -0.278 e. The molecule has 4 spiro atoms. The Morgan fingerprint density at radius 2 is 0.519 bits per heavy atom. The number of para-hydroxylation sites is 3. The molecule has 20 aromatic carbocycles. The summed E-state index contributed by atoms with van der Waals surface area (Å²) in [7, 11) is 0. The number of nitrogens with zero attached hydrogens (tertiary/aromatic N) is 5. The van der Waals surface area contributed by atoms with Gasteiger partial charge in [0.1, 0.15) is 0 Å². The van der Waals surface area contributed by atoms with Gasteiger partial charge in [-0.05, 0) is 244 Å². The largest absolute Gasteiger partial charge is 0.278 e. The Balaban J connectivity index is 0.000000112. The Hall–Kier alpha value is -16.3. The molecule has 5 nitrogen and oxygen atoms in total. The van der Waals surface area contributed by atoms with Crippen molar-refractivity contribution in [3.05, 3.63) is 554 Å². The predicted molar refractivity (Wildman–Crippen MR) is 535 cm³/mol. The number of aromatic nitrogens is 5. The lowest BCUT2D eigenvalue weighted by Crippen LogP contribution is -2.44. The zero-order valence-corrected chi connectivity index (χ0v) is 71.8. The smallest absolute Gasteiger partial charge is 0.235 e. The topological polar surface area (TPSA) is 56.5 Å². The third kappa shape index (κ3) is 9.94. The van der Waals surface area contributed by atoms with E-state index in [9.17, 15) is 0 Å². The second kappa shape index (κ2) is 27.8. The summed E-state index contributed by atoms with van der Waals surface area (Å²) >= 11 is 6.07. The number of halogens is 1. The van der Waals surface area contributed by atoms with E-state index in [0.717, 1.165) is 61.8 Å². The number of rotatable bonds is 3. The average Bonchev–Trinajstić information content (AvgIpc) is 1.59. The third-order valence-corrected chi connectivity index (χ3v) is 30.2. The summed E-state index contributed by atoms with van der Waals surface area (Å²) in [5, 5.41) is 9.46. The first kappa shape index (κ1) is 73.8. The van der Waals surface area contributed by atoms with E-state index in [-0.39, 0.29) is 5.28 Å². The molecule has 3 aromatic heterocycles. The van der Waals surface area contributed by atoms with Crippen LogP contribution in [0.15, 0.2) is 449 Å². The van der Waals surface area contributed by atoms with Crippen LogP contribution in [-0.2, 0) is 28.1 Å². The summed E-state index contributed by atoms with van der Waals surface area (Å²) in [6, 6.07) is 166. The molecule has 0 atom stereocenters. The van der Waals surface area contributed by atoms with Crippen LogP contribution in [0.5, 0.6) is 0 Å². The van der Waals surface area contributed by atoms with E-state index in [1.54, 1.807) is 0 Å². The molecule has 7 aliphatic carbocycles. The molecule has 3 heterocycles. The van der Waals surface area contributed by atoms with Crippen molar-refractivity contribution in [2.75, 3.05) is 0 Å². The molecule has 0 aliphatic heterocycles. The maximum Gasteiger partial charge on any atom is 0.235 e. The molecule has 0 N–H and O–H groups in total. The van der Waals surface area contributed by atoms with Gasteiger partial charge >= 0.3 is 0 Å². The van der Waals surface area contributed by atoms with Crippen molar-refractivity contribution in [1.29, 1.82) is 0 Å². The highest BCUT2D eigenvalue weighted by molar-refractivity contribution is 6.29. The van der Waals surface area contributed by atoms with Gasteiger partial charge < -0.3 is 0 Å². The van der Waals surface area contributed by atoms with Crippen LogP contribution in [0.2, 0.25) is 5.28 Å². The summed E-state index contributed by atoms with van der Waals surface area (Å²) < 4.78 is 2.34. The van der Waals surface area contributed by atoms with Crippen LogP contribution < -0.4 is 0 Å². The SMILES string of the molecule is Clc1nc(-c2ccc3ccccc3c2)c2ccccc2n1.c1ccc2c(c1)-c1ccccc1C21c2ccccc2C2(c3ccccc3-c3ccccc32)c2cc3c(cc21)c1ccccc1n3-c1nc(-c2ccc3ccccc3c2)c2ccccc2n1.c1ccc2c(c1)Cc1cc3c(cc1-2)C1(c2ccccc2-c2ccccc21)c1ccccc1C31c2ccccc2-c2ccccc21. The zero-order chi connectivity index (χ0) is 86.0. The zero-order valence-electron chi connectivity index (χ0n) is 71.0. The van der Waals surface area contributed by atoms with E-state index in [4.69, 9.17) is 21.6 Å². The Morgan fingerprint density at radius 1 is 0.198 bits per heavy atom. The predicted octanol–water partition coefficient (Wildman–Crippen LogP) is 30.0. The molecule has 0 bridgehead atoms. The van der Waals surface area contributed by atoms with Crippen LogP contribution in [-0.4, -0.2) is 24.5 Å². The van der Waals surface area contributed by atoms with E-state index in [2.05, 4.69) is 427 Å². The normalized spacial score (nSPS) is 14.4. The van der Waals surface area contributed by atoms with Crippen LogP contribution in [0, 0.1) is 0 Å². The lowest BCUT2D eigenvalue weighted by Gasteiger charge is -2.49. The molecule has 0 saturated carbocycles. The van der Waals surface area contributed by atoms with Gasteiger partial charge in [-0.2, -0.15) is 0 Å². The summed E-state index contributed by atoms with van der Waals surface area (Å²) in [5.74, 6) is 0.654.